The Kier molecular flexibility index (Phi) is 5.67. The van der Waals surface area contributed by atoms with Crippen LogP contribution in [0.25, 0.3) is 0 Å². The Morgan fingerprint density at radius 3 is 2.45 bits per heavy atom. The van der Waals surface area contributed by atoms with Gasteiger partial charge in [0.15, 0.2) is 5.44 Å². The van der Waals surface area contributed by atoms with E-state index in [1.807, 2.05) is 44.2 Å². The first-order valence-corrected chi connectivity index (χ1v) is 9.57. The Morgan fingerprint density at radius 1 is 1.14 bits per heavy atom. The first-order valence-electron chi connectivity index (χ1n) is 7.20. The van der Waals surface area contributed by atoms with Crippen molar-refractivity contribution in [3.05, 3.63) is 54.1 Å². The van der Waals surface area contributed by atoms with Gasteiger partial charge in [-0.25, -0.2) is 8.42 Å². The van der Waals surface area contributed by atoms with Gasteiger partial charge in [0, 0.05) is 9.79 Å². The minimum absolute atomic E-state index is 0.178. The van der Waals surface area contributed by atoms with Crippen LogP contribution in [-0.4, -0.2) is 19.0 Å². The molecule has 0 radical (unpaired) electrons. The molecular weight excluding hydrogens is 316 g/mol. The molecule has 2 rings (SSSR count). The van der Waals surface area contributed by atoms with E-state index >= 15 is 0 Å². The average molecular weight is 336 g/mol. The number of aliphatic hydroxyl groups excluding tert-OH is 1. The number of sulfone groups is 1. The second-order valence-electron chi connectivity index (χ2n) is 5.13. The highest BCUT2D eigenvalue weighted by molar-refractivity contribution is 7.99. The molecule has 0 fully saturated rings. The molecule has 0 spiro atoms. The minimum atomic E-state index is -3.69. The molecule has 0 bridgehead atoms. The molecule has 3 nitrogen and oxygen atoms in total. The molecule has 0 aromatic heterocycles. The Balaban J connectivity index is 2.34. The zero-order valence-electron chi connectivity index (χ0n) is 12.7. The van der Waals surface area contributed by atoms with E-state index < -0.39 is 15.3 Å². The number of rotatable bonds is 6. The molecule has 1 unspecified atom stereocenters. The van der Waals surface area contributed by atoms with E-state index in [2.05, 4.69) is 0 Å². The number of aryl methyl sites for hydroxylation is 1. The Labute approximate surface area is 136 Å². The third-order valence-corrected chi connectivity index (χ3v) is 6.38. The van der Waals surface area contributed by atoms with Gasteiger partial charge in [-0.2, -0.15) is 0 Å². The Hall–Kier alpha value is -1.30. The molecule has 0 aliphatic heterocycles. The lowest BCUT2D eigenvalue weighted by molar-refractivity contribution is 0.237. The molecule has 1 atom stereocenters. The van der Waals surface area contributed by atoms with Gasteiger partial charge < -0.3 is 5.11 Å². The van der Waals surface area contributed by atoms with E-state index in [4.69, 9.17) is 0 Å². The number of benzene rings is 2. The standard InChI is InChI=1S/C17H20O3S2/c1-3-7-17(18)22(19,20)15-11-10-13(2)16(12-15)21-14-8-5-4-6-9-14/h4-6,8-12,17-18H,3,7H2,1-2H3. The first kappa shape index (κ1) is 17.1. The quantitative estimate of drug-likeness (QED) is 0.865. The largest absolute Gasteiger partial charge is 0.377 e. The van der Waals surface area contributed by atoms with Crippen LogP contribution in [0.5, 0.6) is 0 Å². The van der Waals surface area contributed by atoms with Crippen molar-refractivity contribution >= 4 is 21.6 Å². The van der Waals surface area contributed by atoms with E-state index in [9.17, 15) is 13.5 Å². The van der Waals surface area contributed by atoms with Crippen LogP contribution in [0.15, 0.2) is 63.2 Å². The summed E-state index contributed by atoms with van der Waals surface area (Å²) in [6, 6.07) is 14.8. The number of hydrogen-bond acceptors (Lipinski definition) is 4. The van der Waals surface area contributed by atoms with Gasteiger partial charge in [-0.15, -0.1) is 0 Å². The monoisotopic (exact) mass is 336 g/mol. The number of aliphatic hydroxyl groups is 1. The van der Waals surface area contributed by atoms with Gasteiger partial charge in [-0.1, -0.05) is 49.4 Å². The highest BCUT2D eigenvalue weighted by atomic mass is 32.2. The normalized spacial score (nSPS) is 13.0. The zero-order chi connectivity index (χ0) is 16.2. The van der Waals surface area contributed by atoms with Crippen LogP contribution >= 0.6 is 11.8 Å². The van der Waals surface area contributed by atoms with Crippen molar-refractivity contribution in [2.75, 3.05) is 0 Å². The molecule has 2 aromatic rings. The van der Waals surface area contributed by atoms with E-state index in [1.165, 1.54) is 11.8 Å². The maximum absolute atomic E-state index is 12.4. The van der Waals surface area contributed by atoms with Gasteiger partial charge in [-0.05, 0) is 43.2 Å². The fraction of sp³-hybridized carbons (Fsp3) is 0.294. The van der Waals surface area contributed by atoms with Crippen LogP contribution in [0.1, 0.15) is 25.3 Å². The highest BCUT2D eigenvalue weighted by Crippen LogP contribution is 2.32. The lowest BCUT2D eigenvalue weighted by Crippen LogP contribution is -2.20. The fourth-order valence-electron chi connectivity index (χ4n) is 2.04. The lowest BCUT2D eigenvalue weighted by Gasteiger charge is -2.13. The van der Waals surface area contributed by atoms with Crippen LogP contribution in [0.3, 0.4) is 0 Å². The summed E-state index contributed by atoms with van der Waals surface area (Å²) in [5.41, 5.74) is -0.326. The molecule has 0 saturated carbocycles. The summed E-state index contributed by atoms with van der Waals surface area (Å²) in [6.45, 7) is 3.80. The molecule has 0 saturated heterocycles. The average Bonchev–Trinajstić information content (AvgIpc) is 2.50. The second kappa shape index (κ2) is 7.31. The molecular formula is C17H20O3S2. The summed E-state index contributed by atoms with van der Waals surface area (Å²) >= 11 is 1.52. The van der Waals surface area contributed by atoms with Crippen molar-refractivity contribution in [3.63, 3.8) is 0 Å². The zero-order valence-corrected chi connectivity index (χ0v) is 14.3. The predicted octanol–water partition coefficient (Wildman–Crippen LogP) is 4.04. The van der Waals surface area contributed by atoms with Crippen LogP contribution in [0.2, 0.25) is 0 Å². The fourth-order valence-corrected chi connectivity index (χ4v) is 4.48. The van der Waals surface area contributed by atoms with Crippen molar-refractivity contribution < 1.29 is 13.5 Å². The molecule has 2 aromatic carbocycles. The van der Waals surface area contributed by atoms with Gasteiger partial charge in [-0.3, -0.25) is 0 Å². The van der Waals surface area contributed by atoms with E-state index in [0.29, 0.717) is 6.42 Å². The molecule has 0 aliphatic rings. The summed E-state index contributed by atoms with van der Waals surface area (Å²) in [5, 5.41) is 9.89. The molecule has 0 heterocycles. The topological polar surface area (TPSA) is 54.4 Å². The van der Waals surface area contributed by atoms with Crippen LogP contribution in [-0.2, 0) is 9.84 Å². The van der Waals surface area contributed by atoms with Crippen LogP contribution < -0.4 is 0 Å². The van der Waals surface area contributed by atoms with Crippen molar-refractivity contribution in [1.82, 2.24) is 0 Å². The molecule has 1 N–H and O–H groups in total. The van der Waals surface area contributed by atoms with Gasteiger partial charge in [0.25, 0.3) is 0 Å². The van der Waals surface area contributed by atoms with Crippen molar-refractivity contribution in [2.24, 2.45) is 0 Å². The first-order chi connectivity index (χ1) is 10.4. The van der Waals surface area contributed by atoms with Crippen molar-refractivity contribution in [1.29, 1.82) is 0 Å². The Bertz CT molecular complexity index is 725. The minimum Gasteiger partial charge on any atom is -0.377 e. The summed E-state index contributed by atoms with van der Waals surface area (Å²) in [6.07, 6.45) is 0.870. The van der Waals surface area contributed by atoms with Crippen molar-refractivity contribution in [3.8, 4) is 0 Å². The summed E-state index contributed by atoms with van der Waals surface area (Å²) in [5.74, 6) is 0. The van der Waals surface area contributed by atoms with E-state index in [0.717, 1.165) is 15.4 Å². The van der Waals surface area contributed by atoms with Gasteiger partial charge in [0.2, 0.25) is 9.84 Å². The van der Waals surface area contributed by atoms with Crippen LogP contribution in [0, 0.1) is 6.92 Å². The van der Waals surface area contributed by atoms with E-state index in [1.54, 1.807) is 18.2 Å². The lowest BCUT2D eigenvalue weighted by atomic mass is 10.2. The maximum atomic E-state index is 12.4. The van der Waals surface area contributed by atoms with Crippen molar-refractivity contribution in [2.45, 2.75) is 46.8 Å². The smallest absolute Gasteiger partial charge is 0.204 e. The van der Waals surface area contributed by atoms with Gasteiger partial charge >= 0.3 is 0 Å². The SMILES string of the molecule is CCCC(O)S(=O)(=O)c1ccc(C)c(Sc2ccccc2)c1. The summed E-state index contributed by atoms with van der Waals surface area (Å²) in [7, 11) is -3.69. The summed E-state index contributed by atoms with van der Waals surface area (Å²) in [4.78, 5) is 2.11. The molecule has 118 valence electrons. The molecule has 5 heteroatoms. The maximum Gasteiger partial charge on any atom is 0.204 e. The third kappa shape index (κ3) is 3.91. The predicted molar refractivity (Wildman–Crippen MR) is 89.8 cm³/mol. The number of hydrogen-bond donors (Lipinski definition) is 1. The second-order valence-corrected chi connectivity index (χ2v) is 8.35. The third-order valence-electron chi connectivity index (χ3n) is 3.35. The van der Waals surface area contributed by atoms with E-state index in [-0.39, 0.29) is 11.3 Å². The molecule has 0 amide bonds. The van der Waals surface area contributed by atoms with Gasteiger partial charge in [0.05, 0.1) is 4.90 Å². The molecule has 0 aliphatic carbocycles. The van der Waals surface area contributed by atoms with Gasteiger partial charge in [0.1, 0.15) is 0 Å². The van der Waals surface area contributed by atoms with Crippen LogP contribution in [0.4, 0.5) is 0 Å². The highest BCUT2D eigenvalue weighted by Gasteiger charge is 2.25. The molecule has 22 heavy (non-hydrogen) atoms. The summed E-state index contributed by atoms with van der Waals surface area (Å²) < 4.78 is 24.8. The Morgan fingerprint density at radius 2 is 1.82 bits per heavy atom.